The third-order valence-electron chi connectivity index (χ3n) is 8.54. The average Bonchev–Trinajstić information content (AvgIpc) is 3.01. The molecule has 0 aliphatic rings. The van der Waals surface area contributed by atoms with E-state index in [4.69, 9.17) is 0 Å². The molecular formula is C42H40N2. The van der Waals surface area contributed by atoms with E-state index in [1.807, 2.05) is 0 Å². The normalized spacial score (nSPS) is 11.0. The lowest BCUT2D eigenvalue weighted by atomic mass is 10.0. The van der Waals surface area contributed by atoms with Gasteiger partial charge in [-0.3, -0.25) is 0 Å². The van der Waals surface area contributed by atoms with Gasteiger partial charge in [0.1, 0.15) is 0 Å². The lowest BCUT2D eigenvalue weighted by molar-refractivity contribution is 1.22. The van der Waals surface area contributed by atoms with Gasteiger partial charge in [-0.25, -0.2) is 0 Å². The zero-order valence-electron chi connectivity index (χ0n) is 26.6. The van der Waals surface area contributed by atoms with E-state index in [1.54, 1.807) is 0 Å². The van der Waals surface area contributed by atoms with Crippen LogP contribution >= 0.6 is 0 Å². The minimum Gasteiger partial charge on any atom is -0.310 e. The quantitative estimate of drug-likeness (QED) is 0.188. The average molecular weight is 573 g/mol. The predicted octanol–water partition coefficient (Wildman–Crippen LogP) is 12.1. The van der Waals surface area contributed by atoms with Gasteiger partial charge in [-0.1, -0.05) is 66.7 Å². The van der Waals surface area contributed by atoms with Crippen molar-refractivity contribution in [2.24, 2.45) is 0 Å². The van der Waals surface area contributed by atoms with Crippen LogP contribution in [0.4, 0.5) is 34.1 Å². The van der Waals surface area contributed by atoms with Gasteiger partial charge in [-0.15, -0.1) is 0 Å². The van der Waals surface area contributed by atoms with Crippen molar-refractivity contribution >= 4 is 34.1 Å². The van der Waals surface area contributed by atoms with Gasteiger partial charge in [0, 0.05) is 34.1 Å². The van der Waals surface area contributed by atoms with Crippen LogP contribution < -0.4 is 9.80 Å². The van der Waals surface area contributed by atoms with E-state index in [0.717, 1.165) is 34.1 Å². The Labute approximate surface area is 262 Å². The number of hydrogen-bond acceptors (Lipinski definition) is 2. The molecule has 2 heteroatoms. The number of hydrogen-bond donors (Lipinski definition) is 0. The molecule has 218 valence electrons. The first kappa shape index (κ1) is 29.0. The van der Waals surface area contributed by atoms with Crippen LogP contribution in [-0.4, -0.2) is 0 Å². The summed E-state index contributed by atoms with van der Waals surface area (Å²) >= 11 is 0. The van der Waals surface area contributed by atoms with Gasteiger partial charge < -0.3 is 9.80 Å². The van der Waals surface area contributed by atoms with Crippen LogP contribution in [0.25, 0.3) is 11.1 Å². The molecule has 0 atom stereocenters. The van der Waals surface area contributed by atoms with E-state index < -0.39 is 0 Å². The number of rotatable bonds is 7. The van der Waals surface area contributed by atoms with Crippen LogP contribution in [0, 0.1) is 41.5 Å². The monoisotopic (exact) mass is 572 g/mol. The summed E-state index contributed by atoms with van der Waals surface area (Å²) in [6, 6.07) is 48.8. The van der Waals surface area contributed by atoms with E-state index in [0.29, 0.717) is 0 Å². The summed E-state index contributed by atoms with van der Waals surface area (Å²) in [7, 11) is 0. The highest BCUT2D eigenvalue weighted by atomic mass is 15.2. The second kappa shape index (κ2) is 12.3. The van der Waals surface area contributed by atoms with Gasteiger partial charge in [-0.05, 0) is 153 Å². The third-order valence-corrected chi connectivity index (χ3v) is 8.54. The summed E-state index contributed by atoms with van der Waals surface area (Å²) in [5, 5.41) is 0. The molecule has 0 heterocycles. The Morgan fingerprint density at radius 1 is 0.295 bits per heavy atom. The van der Waals surface area contributed by atoms with Gasteiger partial charge in [0.25, 0.3) is 0 Å². The first-order valence-corrected chi connectivity index (χ1v) is 15.4. The van der Waals surface area contributed by atoms with Crippen LogP contribution in [0.15, 0.2) is 133 Å². The maximum atomic E-state index is 2.39. The molecule has 0 fully saturated rings. The fourth-order valence-corrected chi connectivity index (χ4v) is 5.81. The van der Waals surface area contributed by atoms with E-state index >= 15 is 0 Å². The van der Waals surface area contributed by atoms with Crippen molar-refractivity contribution < 1.29 is 0 Å². The van der Waals surface area contributed by atoms with Crippen molar-refractivity contribution in [2.45, 2.75) is 41.5 Å². The van der Waals surface area contributed by atoms with Crippen molar-refractivity contribution in [3.05, 3.63) is 167 Å². The van der Waals surface area contributed by atoms with Gasteiger partial charge >= 0.3 is 0 Å². The zero-order valence-corrected chi connectivity index (χ0v) is 26.6. The first-order valence-electron chi connectivity index (χ1n) is 15.4. The second-order valence-electron chi connectivity index (χ2n) is 12.0. The molecular weight excluding hydrogens is 532 g/mol. The van der Waals surface area contributed by atoms with Gasteiger partial charge in [0.15, 0.2) is 0 Å². The molecule has 6 rings (SSSR count). The van der Waals surface area contributed by atoms with E-state index in [2.05, 4.69) is 185 Å². The molecule has 44 heavy (non-hydrogen) atoms. The molecule has 0 saturated heterocycles. The van der Waals surface area contributed by atoms with Crippen molar-refractivity contribution in [1.29, 1.82) is 0 Å². The third kappa shape index (κ3) is 6.02. The van der Waals surface area contributed by atoms with Crippen LogP contribution in [0.5, 0.6) is 0 Å². The molecule has 0 aliphatic carbocycles. The highest BCUT2D eigenvalue weighted by Crippen LogP contribution is 2.43. The van der Waals surface area contributed by atoms with Gasteiger partial charge in [0.05, 0.1) is 0 Å². The Kier molecular flexibility index (Phi) is 8.09. The molecule has 0 bridgehead atoms. The summed E-state index contributed by atoms with van der Waals surface area (Å²) in [6.07, 6.45) is 0. The highest BCUT2D eigenvalue weighted by molar-refractivity contribution is 5.87. The SMILES string of the molecule is Cc1cccc(N(c2cc(-c3ccccc3)cc(N(c3cccc(C)c3)c3ccc(C)c(C)c3)c2)c2ccc(C)c(C)c2)c1. The molecule has 0 N–H and O–H groups in total. The Morgan fingerprint density at radius 2 is 0.750 bits per heavy atom. The molecule has 0 amide bonds. The molecule has 6 aromatic carbocycles. The maximum absolute atomic E-state index is 2.39. The summed E-state index contributed by atoms with van der Waals surface area (Å²) in [5.41, 5.74) is 16.7. The second-order valence-corrected chi connectivity index (χ2v) is 12.0. The minimum absolute atomic E-state index is 1.11. The Bertz CT molecular complexity index is 1820. The fourth-order valence-electron chi connectivity index (χ4n) is 5.81. The lowest BCUT2D eigenvalue weighted by Crippen LogP contribution is -2.14. The Balaban J connectivity index is 1.65. The molecule has 0 spiro atoms. The molecule has 0 unspecified atom stereocenters. The lowest BCUT2D eigenvalue weighted by Gasteiger charge is -2.31. The molecule has 0 radical (unpaired) electrons. The summed E-state index contributed by atoms with van der Waals surface area (Å²) in [6.45, 7) is 13.1. The molecule has 0 aliphatic heterocycles. The van der Waals surface area contributed by atoms with Crippen LogP contribution in [0.3, 0.4) is 0 Å². The van der Waals surface area contributed by atoms with Crippen molar-refractivity contribution in [2.75, 3.05) is 9.80 Å². The van der Waals surface area contributed by atoms with Gasteiger partial charge in [-0.2, -0.15) is 0 Å². The first-order chi connectivity index (χ1) is 21.3. The Hall–Kier alpha value is -5.08. The van der Waals surface area contributed by atoms with Crippen molar-refractivity contribution in [3.63, 3.8) is 0 Å². The number of benzene rings is 6. The number of aryl methyl sites for hydroxylation is 6. The van der Waals surface area contributed by atoms with Crippen LogP contribution in [0.1, 0.15) is 33.4 Å². The number of nitrogens with zero attached hydrogens (tertiary/aromatic N) is 2. The largest absolute Gasteiger partial charge is 0.310 e. The summed E-state index contributed by atoms with van der Waals surface area (Å²) < 4.78 is 0. The fraction of sp³-hybridized carbons (Fsp3) is 0.143. The number of anilines is 6. The van der Waals surface area contributed by atoms with E-state index in [-0.39, 0.29) is 0 Å². The minimum atomic E-state index is 1.11. The smallest absolute Gasteiger partial charge is 0.0488 e. The van der Waals surface area contributed by atoms with Crippen LogP contribution in [0.2, 0.25) is 0 Å². The summed E-state index contributed by atoms with van der Waals surface area (Å²) in [5.74, 6) is 0. The predicted molar refractivity (Wildman–Crippen MR) is 190 cm³/mol. The highest BCUT2D eigenvalue weighted by Gasteiger charge is 2.20. The van der Waals surface area contributed by atoms with Crippen LogP contribution in [-0.2, 0) is 0 Å². The van der Waals surface area contributed by atoms with E-state index in [9.17, 15) is 0 Å². The molecule has 0 aromatic heterocycles. The molecule has 0 saturated carbocycles. The zero-order chi connectivity index (χ0) is 30.8. The molecule has 2 nitrogen and oxygen atoms in total. The standard InChI is InChI=1S/C42H40N2/c1-29-12-10-16-37(22-29)43(39-20-18-31(3)33(5)24-39)41-26-36(35-14-8-7-9-15-35)27-42(28-41)44(38-17-11-13-30(2)23-38)40-21-19-32(4)34(6)25-40/h7-28H,1-6H3. The maximum Gasteiger partial charge on any atom is 0.0488 e. The summed E-state index contributed by atoms with van der Waals surface area (Å²) in [4.78, 5) is 4.79. The Morgan fingerprint density at radius 3 is 1.18 bits per heavy atom. The van der Waals surface area contributed by atoms with Gasteiger partial charge in [0.2, 0.25) is 0 Å². The van der Waals surface area contributed by atoms with Crippen molar-refractivity contribution in [3.8, 4) is 11.1 Å². The van der Waals surface area contributed by atoms with Crippen molar-refractivity contribution in [1.82, 2.24) is 0 Å². The van der Waals surface area contributed by atoms with E-state index in [1.165, 1.54) is 44.5 Å². The topological polar surface area (TPSA) is 6.48 Å². The molecule has 6 aromatic rings.